The lowest BCUT2D eigenvalue weighted by Crippen LogP contribution is -2.69. The lowest BCUT2D eigenvalue weighted by atomic mass is 9.31. The van der Waals surface area contributed by atoms with Gasteiger partial charge in [0.2, 0.25) is 0 Å². The molecule has 0 heterocycles. The summed E-state index contributed by atoms with van der Waals surface area (Å²) >= 11 is 0. The molecular formula is C30H44O4. The molecule has 5 aliphatic rings. The first-order valence-electron chi connectivity index (χ1n) is 13.7. The fourth-order valence-corrected chi connectivity index (χ4v) is 10.6. The molecule has 4 nitrogen and oxygen atoms in total. The highest BCUT2D eigenvalue weighted by molar-refractivity contribution is 5.96. The monoisotopic (exact) mass is 468 g/mol. The summed E-state index contributed by atoms with van der Waals surface area (Å²) in [4.78, 5) is 39.9. The highest BCUT2D eigenvalue weighted by Gasteiger charge is 2.73. The molecule has 0 aliphatic heterocycles. The third-order valence-corrected chi connectivity index (χ3v) is 13.1. The summed E-state index contributed by atoms with van der Waals surface area (Å²) < 4.78 is 0. The van der Waals surface area contributed by atoms with Crippen molar-refractivity contribution < 1.29 is 19.5 Å². The Morgan fingerprint density at radius 3 is 2.24 bits per heavy atom. The minimum atomic E-state index is -0.755. The Hall–Kier alpha value is -1.45. The van der Waals surface area contributed by atoms with Crippen LogP contribution in [-0.4, -0.2) is 22.6 Å². The van der Waals surface area contributed by atoms with Crippen LogP contribution in [0.3, 0.4) is 0 Å². The normalized spacial score (nSPS) is 53.9. The van der Waals surface area contributed by atoms with Gasteiger partial charge < -0.3 is 5.11 Å². The first-order valence-corrected chi connectivity index (χ1v) is 13.7. The first kappa shape index (κ1) is 24.3. The fraction of sp³-hybridized carbons (Fsp3) is 0.833. The molecule has 4 saturated carbocycles. The van der Waals surface area contributed by atoms with Gasteiger partial charge in [-0.15, -0.1) is 0 Å². The maximum Gasteiger partial charge on any atom is 0.309 e. The maximum absolute atomic E-state index is 14.3. The molecule has 10 atom stereocenters. The molecule has 0 unspecified atom stereocenters. The van der Waals surface area contributed by atoms with E-state index in [0.717, 1.165) is 25.7 Å². The number of carboxylic acids is 1. The molecule has 188 valence electrons. The molecule has 4 heteroatoms. The van der Waals surface area contributed by atoms with E-state index in [-0.39, 0.29) is 51.6 Å². The van der Waals surface area contributed by atoms with E-state index in [1.807, 2.05) is 0 Å². The van der Waals surface area contributed by atoms with Crippen molar-refractivity contribution in [2.45, 2.75) is 93.4 Å². The smallest absolute Gasteiger partial charge is 0.309 e. The van der Waals surface area contributed by atoms with E-state index in [9.17, 15) is 19.5 Å². The van der Waals surface area contributed by atoms with Gasteiger partial charge in [0.25, 0.3) is 0 Å². The van der Waals surface area contributed by atoms with E-state index >= 15 is 0 Å². The number of fused-ring (bicyclic) bond motifs is 7. The molecule has 0 aromatic rings. The van der Waals surface area contributed by atoms with Gasteiger partial charge in [0.05, 0.1) is 5.41 Å². The lowest BCUT2D eigenvalue weighted by molar-refractivity contribution is -0.229. The number of rotatable bonds is 1. The quantitative estimate of drug-likeness (QED) is 0.488. The number of hydrogen-bond donors (Lipinski definition) is 1. The van der Waals surface area contributed by atoms with E-state index < -0.39 is 16.8 Å². The Balaban J connectivity index is 1.64. The van der Waals surface area contributed by atoms with Crippen LogP contribution in [0.1, 0.15) is 93.4 Å². The summed E-state index contributed by atoms with van der Waals surface area (Å²) in [5.41, 5.74) is -1.63. The zero-order valence-corrected chi connectivity index (χ0v) is 22.2. The predicted molar refractivity (Wildman–Crippen MR) is 132 cm³/mol. The largest absolute Gasteiger partial charge is 0.481 e. The minimum absolute atomic E-state index is 0.0529. The van der Waals surface area contributed by atoms with Gasteiger partial charge in [0, 0.05) is 17.8 Å². The first-order chi connectivity index (χ1) is 15.7. The third-order valence-electron chi connectivity index (χ3n) is 13.1. The van der Waals surface area contributed by atoms with Gasteiger partial charge in [-0.2, -0.15) is 0 Å². The molecule has 0 amide bonds. The van der Waals surface area contributed by atoms with Gasteiger partial charge in [-0.05, 0) is 90.4 Å². The molecule has 34 heavy (non-hydrogen) atoms. The molecule has 0 aromatic heterocycles. The number of carbonyl (C=O) groups excluding carboxylic acids is 2. The topological polar surface area (TPSA) is 71.4 Å². The third kappa shape index (κ3) is 2.64. The summed E-state index contributed by atoms with van der Waals surface area (Å²) in [5.74, 6) is 0.663. The number of Topliss-reactive ketones (excluding diaryl/α,β-unsaturated/α-hetero) is 1. The fourth-order valence-electron chi connectivity index (χ4n) is 10.6. The van der Waals surface area contributed by atoms with E-state index in [2.05, 4.69) is 54.5 Å². The summed E-state index contributed by atoms with van der Waals surface area (Å²) in [6.07, 6.45) is 9.61. The molecule has 0 spiro atoms. The van der Waals surface area contributed by atoms with Crippen molar-refractivity contribution in [2.24, 2.45) is 62.6 Å². The molecular weight excluding hydrogens is 424 g/mol. The van der Waals surface area contributed by atoms with Crippen LogP contribution in [0, 0.1) is 62.6 Å². The van der Waals surface area contributed by atoms with E-state index in [1.54, 1.807) is 6.08 Å². The number of allylic oxidation sites excluding steroid dienone is 2. The van der Waals surface area contributed by atoms with Crippen molar-refractivity contribution in [3.63, 3.8) is 0 Å². The number of carboxylic acid groups (broad SMARTS) is 1. The number of aliphatic carboxylic acids is 1. The SMILES string of the molecule is C[C@@H]1[C@H]2[C@H]3C(=O)C[C@@H]4[C@@]5(C)C=CC(=O)C(C)(C)[C@@H]5CC[C@@]4(C)[C@]3(C)CC[C@@]2(C(=O)O)CC[C@H]1C. The number of ketones is 2. The van der Waals surface area contributed by atoms with E-state index in [0.29, 0.717) is 31.0 Å². The second kappa shape index (κ2) is 7.07. The average Bonchev–Trinajstić information content (AvgIpc) is 2.75. The second-order valence-corrected chi connectivity index (χ2v) is 14.3. The van der Waals surface area contributed by atoms with Crippen LogP contribution in [0.25, 0.3) is 0 Å². The van der Waals surface area contributed by atoms with Crippen LogP contribution >= 0.6 is 0 Å². The van der Waals surface area contributed by atoms with Crippen LogP contribution in [0.5, 0.6) is 0 Å². The van der Waals surface area contributed by atoms with Crippen molar-refractivity contribution in [2.75, 3.05) is 0 Å². The van der Waals surface area contributed by atoms with Crippen molar-refractivity contribution in [3.8, 4) is 0 Å². The molecule has 1 N–H and O–H groups in total. The second-order valence-electron chi connectivity index (χ2n) is 14.3. The Labute approximate surface area is 205 Å². The zero-order chi connectivity index (χ0) is 25.1. The average molecular weight is 469 g/mol. The highest BCUT2D eigenvalue weighted by atomic mass is 16.4. The van der Waals surface area contributed by atoms with Crippen molar-refractivity contribution in [1.82, 2.24) is 0 Å². The Bertz CT molecular complexity index is 978. The molecule has 5 rings (SSSR count). The summed E-state index contributed by atoms with van der Waals surface area (Å²) in [7, 11) is 0. The Morgan fingerprint density at radius 1 is 0.912 bits per heavy atom. The highest BCUT2D eigenvalue weighted by Crippen LogP contribution is 2.75. The summed E-state index contributed by atoms with van der Waals surface area (Å²) in [5, 5.41) is 10.5. The van der Waals surface area contributed by atoms with Crippen molar-refractivity contribution in [1.29, 1.82) is 0 Å². The predicted octanol–water partition coefficient (Wildman–Crippen LogP) is 6.33. The lowest BCUT2D eigenvalue weighted by Gasteiger charge is -2.71. The summed E-state index contributed by atoms with van der Waals surface area (Å²) in [6.45, 7) is 15.7. The van der Waals surface area contributed by atoms with Gasteiger partial charge >= 0.3 is 5.97 Å². The molecule has 0 bridgehead atoms. The van der Waals surface area contributed by atoms with Gasteiger partial charge in [-0.3, -0.25) is 14.4 Å². The van der Waals surface area contributed by atoms with Crippen LogP contribution in [-0.2, 0) is 14.4 Å². The zero-order valence-electron chi connectivity index (χ0n) is 22.2. The Kier molecular flexibility index (Phi) is 5.04. The molecule has 4 fully saturated rings. The maximum atomic E-state index is 14.3. The van der Waals surface area contributed by atoms with Crippen LogP contribution < -0.4 is 0 Å². The standard InChI is InChI=1S/C30H44O4/c1-17-8-13-30(25(33)34)15-14-29(7)24(23(30)18(17)2)19(31)16-21-27(5)11-10-22(32)26(3,4)20(27)9-12-28(21,29)6/h10-11,17-18,20-21,23-24H,8-9,12-16H2,1-7H3,(H,33,34)/t17-,18+,20+,21-,23+,24-,27+,28-,29-,30+/m1/s1. The van der Waals surface area contributed by atoms with E-state index in [4.69, 9.17) is 0 Å². The van der Waals surface area contributed by atoms with Gasteiger partial charge in [-0.1, -0.05) is 54.5 Å². The van der Waals surface area contributed by atoms with Gasteiger partial charge in [0.1, 0.15) is 5.78 Å². The molecule has 0 aromatic carbocycles. The Morgan fingerprint density at radius 2 is 1.59 bits per heavy atom. The molecule has 0 radical (unpaired) electrons. The number of carbonyl (C=O) groups is 3. The molecule has 5 aliphatic carbocycles. The van der Waals surface area contributed by atoms with Crippen LogP contribution in [0.2, 0.25) is 0 Å². The van der Waals surface area contributed by atoms with Crippen molar-refractivity contribution in [3.05, 3.63) is 12.2 Å². The minimum Gasteiger partial charge on any atom is -0.481 e. The van der Waals surface area contributed by atoms with Crippen LogP contribution in [0.4, 0.5) is 0 Å². The van der Waals surface area contributed by atoms with Gasteiger partial charge in [-0.25, -0.2) is 0 Å². The van der Waals surface area contributed by atoms with Crippen molar-refractivity contribution >= 4 is 17.5 Å². The number of hydrogen-bond acceptors (Lipinski definition) is 3. The van der Waals surface area contributed by atoms with Gasteiger partial charge in [0.15, 0.2) is 5.78 Å². The summed E-state index contributed by atoms with van der Waals surface area (Å²) in [6, 6.07) is 0. The molecule has 0 saturated heterocycles. The van der Waals surface area contributed by atoms with E-state index in [1.165, 1.54) is 0 Å². The van der Waals surface area contributed by atoms with Crippen LogP contribution in [0.15, 0.2) is 12.2 Å².